The lowest BCUT2D eigenvalue weighted by Gasteiger charge is -2.23. The molecule has 5 heteroatoms. The van der Waals surface area contributed by atoms with Crippen molar-refractivity contribution in [2.45, 2.75) is 27.2 Å². The summed E-state index contributed by atoms with van der Waals surface area (Å²) in [6, 6.07) is 0.227. The molecule has 0 fully saturated rings. The molecule has 1 aromatic heterocycles. The molecule has 0 saturated heterocycles. The summed E-state index contributed by atoms with van der Waals surface area (Å²) >= 11 is 0. The summed E-state index contributed by atoms with van der Waals surface area (Å²) in [5, 5.41) is 2.61. The van der Waals surface area contributed by atoms with Crippen molar-refractivity contribution < 1.29 is 9.21 Å². The van der Waals surface area contributed by atoms with E-state index in [2.05, 4.69) is 10.3 Å². The Morgan fingerprint density at radius 1 is 1.73 bits per heavy atom. The summed E-state index contributed by atoms with van der Waals surface area (Å²) in [5.41, 5.74) is 5.73. The van der Waals surface area contributed by atoms with Crippen LogP contribution in [0.15, 0.2) is 10.7 Å². The number of amides is 1. The number of hydrogen-bond acceptors (Lipinski definition) is 4. The Morgan fingerprint density at radius 3 is 2.80 bits per heavy atom. The molecule has 0 aliphatic carbocycles. The molecule has 0 spiro atoms. The Bertz CT molecular complexity index is 342. The Kier molecular flexibility index (Phi) is 3.47. The fraction of sp³-hybridized carbons (Fsp3) is 0.600. The molecule has 0 aromatic carbocycles. The quantitative estimate of drug-likeness (QED) is 0.786. The SMILES string of the molecule is CCC(C)(CN)C(=O)Nc1nc(C)co1. The lowest BCUT2D eigenvalue weighted by Crippen LogP contribution is -2.39. The molecule has 3 N–H and O–H groups in total. The van der Waals surface area contributed by atoms with Crippen LogP contribution in [0.3, 0.4) is 0 Å². The zero-order valence-electron chi connectivity index (χ0n) is 9.33. The van der Waals surface area contributed by atoms with Gasteiger partial charge in [0.05, 0.1) is 11.1 Å². The molecule has 15 heavy (non-hydrogen) atoms. The highest BCUT2D eigenvalue weighted by atomic mass is 16.4. The van der Waals surface area contributed by atoms with E-state index in [1.807, 2.05) is 13.8 Å². The van der Waals surface area contributed by atoms with E-state index in [9.17, 15) is 4.79 Å². The summed E-state index contributed by atoms with van der Waals surface area (Å²) < 4.78 is 5.04. The van der Waals surface area contributed by atoms with Crippen molar-refractivity contribution in [3.63, 3.8) is 0 Å². The first kappa shape index (κ1) is 11.7. The Balaban J connectivity index is 2.70. The lowest BCUT2D eigenvalue weighted by molar-refractivity contribution is -0.124. The molecule has 5 nitrogen and oxygen atoms in total. The van der Waals surface area contributed by atoms with Gasteiger partial charge in [-0.1, -0.05) is 6.92 Å². The molecule has 0 aliphatic rings. The molecule has 1 rings (SSSR count). The minimum atomic E-state index is -0.567. The minimum absolute atomic E-state index is 0.158. The highest BCUT2D eigenvalue weighted by molar-refractivity contribution is 5.93. The van der Waals surface area contributed by atoms with Crippen LogP contribution < -0.4 is 11.1 Å². The van der Waals surface area contributed by atoms with Crippen LogP contribution >= 0.6 is 0 Å². The molecule has 1 heterocycles. The molecule has 84 valence electrons. The van der Waals surface area contributed by atoms with Gasteiger partial charge >= 0.3 is 6.01 Å². The van der Waals surface area contributed by atoms with Gasteiger partial charge in [0.25, 0.3) is 0 Å². The first-order chi connectivity index (χ1) is 7.01. The molecule has 1 unspecified atom stereocenters. The zero-order valence-corrected chi connectivity index (χ0v) is 9.33. The number of nitrogens with zero attached hydrogens (tertiary/aromatic N) is 1. The molecule has 0 saturated carbocycles. The third-order valence-corrected chi connectivity index (χ3v) is 2.62. The van der Waals surface area contributed by atoms with Gasteiger partial charge < -0.3 is 10.2 Å². The van der Waals surface area contributed by atoms with Gasteiger partial charge in [0.1, 0.15) is 6.26 Å². The summed E-state index contributed by atoms with van der Waals surface area (Å²) in [6.45, 7) is 5.83. The molecule has 1 amide bonds. The Labute approximate surface area is 89.1 Å². The Hall–Kier alpha value is -1.36. The van der Waals surface area contributed by atoms with Crippen molar-refractivity contribution in [3.8, 4) is 0 Å². The second-order valence-corrected chi connectivity index (χ2v) is 3.87. The molecular weight excluding hydrogens is 194 g/mol. The molecule has 1 aromatic rings. The van der Waals surface area contributed by atoms with Gasteiger partial charge in [0, 0.05) is 6.54 Å². The van der Waals surface area contributed by atoms with Gasteiger partial charge in [-0.2, -0.15) is 4.98 Å². The topological polar surface area (TPSA) is 81.2 Å². The van der Waals surface area contributed by atoms with Crippen LogP contribution in [0.25, 0.3) is 0 Å². The van der Waals surface area contributed by atoms with Crippen molar-refractivity contribution >= 4 is 11.9 Å². The zero-order chi connectivity index (χ0) is 11.5. The van der Waals surface area contributed by atoms with Crippen LogP contribution in [0, 0.1) is 12.3 Å². The molecule has 0 aliphatic heterocycles. The highest BCUT2D eigenvalue weighted by Gasteiger charge is 2.30. The highest BCUT2D eigenvalue weighted by Crippen LogP contribution is 2.21. The van der Waals surface area contributed by atoms with Crippen LogP contribution in [-0.2, 0) is 4.79 Å². The van der Waals surface area contributed by atoms with Crippen molar-refractivity contribution in [3.05, 3.63) is 12.0 Å². The van der Waals surface area contributed by atoms with E-state index >= 15 is 0 Å². The van der Waals surface area contributed by atoms with Crippen molar-refractivity contribution in [1.82, 2.24) is 4.98 Å². The van der Waals surface area contributed by atoms with Gasteiger partial charge in [-0.25, -0.2) is 0 Å². The monoisotopic (exact) mass is 211 g/mol. The van der Waals surface area contributed by atoms with Crippen molar-refractivity contribution in [1.29, 1.82) is 0 Å². The smallest absolute Gasteiger partial charge is 0.301 e. The standard InChI is InChI=1S/C10H17N3O2/c1-4-10(3,6-11)8(14)13-9-12-7(2)5-15-9/h5H,4,6,11H2,1-3H3,(H,12,13,14). The van der Waals surface area contributed by atoms with Gasteiger partial charge in [0.2, 0.25) is 5.91 Å². The number of nitrogens with two attached hydrogens (primary N) is 1. The number of anilines is 1. The first-order valence-electron chi connectivity index (χ1n) is 4.95. The summed E-state index contributed by atoms with van der Waals surface area (Å²) in [7, 11) is 0. The van der Waals surface area contributed by atoms with E-state index in [1.54, 1.807) is 6.92 Å². The first-order valence-corrected chi connectivity index (χ1v) is 4.95. The number of hydrogen-bond donors (Lipinski definition) is 2. The third-order valence-electron chi connectivity index (χ3n) is 2.62. The average Bonchev–Trinajstić information content (AvgIpc) is 2.62. The Morgan fingerprint density at radius 2 is 2.40 bits per heavy atom. The number of aryl methyl sites for hydroxylation is 1. The molecule has 0 bridgehead atoms. The van der Waals surface area contributed by atoms with Gasteiger partial charge in [-0.3, -0.25) is 10.1 Å². The van der Waals surface area contributed by atoms with Gasteiger partial charge in [0.15, 0.2) is 0 Å². The third kappa shape index (κ3) is 2.56. The number of rotatable bonds is 4. The minimum Gasteiger partial charge on any atom is -0.432 e. The van der Waals surface area contributed by atoms with Crippen LogP contribution in [-0.4, -0.2) is 17.4 Å². The van der Waals surface area contributed by atoms with Crippen LogP contribution in [0.4, 0.5) is 6.01 Å². The number of carbonyl (C=O) groups excluding carboxylic acids is 1. The van der Waals surface area contributed by atoms with Crippen LogP contribution in [0.2, 0.25) is 0 Å². The largest absolute Gasteiger partial charge is 0.432 e. The number of nitrogens with one attached hydrogen (secondary N) is 1. The van der Waals surface area contributed by atoms with E-state index in [4.69, 9.17) is 10.2 Å². The predicted octanol–water partition coefficient (Wildman–Crippen LogP) is 1.30. The van der Waals surface area contributed by atoms with E-state index in [0.29, 0.717) is 13.0 Å². The second-order valence-electron chi connectivity index (χ2n) is 3.87. The maximum absolute atomic E-state index is 11.8. The molecule has 0 radical (unpaired) electrons. The number of carbonyl (C=O) groups is 1. The maximum atomic E-state index is 11.8. The molecule has 1 atom stereocenters. The normalized spacial score (nSPS) is 14.7. The summed E-state index contributed by atoms with van der Waals surface area (Å²) in [6.07, 6.45) is 2.16. The fourth-order valence-corrected chi connectivity index (χ4v) is 1.06. The lowest BCUT2D eigenvalue weighted by atomic mass is 9.87. The van der Waals surface area contributed by atoms with Crippen molar-refractivity contribution in [2.24, 2.45) is 11.1 Å². The number of aromatic nitrogens is 1. The average molecular weight is 211 g/mol. The van der Waals surface area contributed by atoms with Crippen molar-refractivity contribution in [2.75, 3.05) is 11.9 Å². The second kappa shape index (κ2) is 4.44. The van der Waals surface area contributed by atoms with E-state index < -0.39 is 5.41 Å². The van der Waals surface area contributed by atoms with E-state index in [1.165, 1.54) is 6.26 Å². The fourth-order valence-electron chi connectivity index (χ4n) is 1.06. The van der Waals surface area contributed by atoms with E-state index in [-0.39, 0.29) is 11.9 Å². The van der Waals surface area contributed by atoms with Crippen LogP contribution in [0.1, 0.15) is 26.0 Å². The summed E-state index contributed by atoms with van der Waals surface area (Å²) in [4.78, 5) is 15.8. The van der Waals surface area contributed by atoms with Gasteiger partial charge in [-0.05, 0) is 20.3 Å². The van der Waals surface area contributed by atoms with Gasteiger partial charge in [-0.15, -0.1) is 0 Å². The maximum Gasteiger partial charge on any atom is 0.301 e. The summed E-state index contributed by atoms with van der Waals surface area (Å²) in [5.74, 6) is -0.158. The predicted molar refractivity (Wildman–Crippen MR) is 57.3 cm³/mol. The van der Waals surface area contributed by atoms with E-state index in [0.717, 1.165) is 5.69 Å². The number of oxazole rings is 1. The van der Waals surface area contributed by atoms with Crippen LogP contribution in [0.5, 0.6) is 0 Å². The molecular formula is C10H17N3O2.